The Morgan fingerprint density at radius 3 is 2.68 bits per heavy atom. The van der Waals surface area contributed by atoms with E-state index < -0.39 is 0 Å². The maximum Gasteiger partial charge on any atom is 0.149 e. The molecule has 0 unspecified atom stereocenters. The Morgan fingerprint density at radius 2 is 1.88 bits per heavy atom. The smallest absolute Gasteiger partial charge is 0.149 e. The van der Waals surface area contributed by atoms with Crippen LogP contribution in [0.2, 0.25) is 0 Å². The molecule has 0 amide bonds. The summed E-state index contributed by atoms with van der Waals surface area (Å²) < 4.78 is 13.9. The molecule has 3 aromatic rings. The molecule has 2 nitrogen and oxygen atoms in total. The second-order valence-corrected chi connectivity index (χ2v) is 7.52. The number of pyridine rings is 1. The average Bonchev–Trinajstić information content (AvgIpc) is 2.57. The molecule has 1 aromatic heterocycles. The van der Waals surface area contributed by atoms with Gasteiger partial charge in [-0.3, -0.25) is 9.98 Å². The van der Waals surface area contributed by atoms with Crippen molar-refractivity contribution in [1.82, 2.24) is 4.98 Å². The molecule has 0 spiro atoms. The number of aromatic nitrogens is 1. The van der Waals surface area contributed by atoms with Crippen molar-refractivity contribution in [2.24, 2.45) is 4.99 Å². The van der Waals surface area contributed by atoms with Crippen molar-refractivity contribution in [3.8, 4) is 0 Å². The molecule has 3 heteroatoms. The van der Waals surface area contributed by atoms with E-state index in [1.165, 1.54) is 28.3 Å². The van der Waals surface area contributed by atoms with Crippen molar-refractivity contribution in [2.75, 3.05) is 0 Å². The van der Waals surface area contributed by atoms with Gasteiger partial charge in [-0.1, -0.05) is 24.3 Å². The van der Waals surface area contributed by atoms with Gasteiger partial charge in [0.25, 0.3) is 0 Å². The summed E-state index contributed by atoms with van der Waals surface area (Å²) in [7, 11) is 0. The second-order valence-electron chi connectivity index (χ2n) is 7.52. The van der Waals surface area contributed by atoms with Crippen LogP contribution in [0.1, 0.15) is 41.7 Å². The van der Waals surface area contributed by atoms with Crippen molar-refractivity contribution in [3.63, 3.8) is 0 Å². The highest BCUT2D eigenvalue weighted by Gasteiger charge is 2.29. The molecule has 0 N–H and O–H groups in total. The highest BCUT2D eigenvalue weighted by molar-refractivity contribution is 6.15. The Labute approximate surface area is 147 Å². The molecule has 1 aliphatic heterocycles. The van der Waals surface area contributed by atoms with Crippen molar-refractivity contribution in [1.29, 1.82) is 0 Å². The number of benzene rings is 2. The van der Waals surface area contributed by atoms with Crippen molar-refractivity contribution >= 4 is 16.6 Å². The third kappa shape index (κ3) is 2.64. The molecule has 2 heterocycles. The molecule has 2 aromatic carbocycles. The predicted molar refractivity (Wildman–Crippen MR) is 101 cm³/mol. The molecule has 0 bridgehead atoms. The topological polar surface area (TPSA) is 25.2 Å². The van der Waals surface area contributed by atoms with Crippen LogP contribution in [0.5, 0.6) is 0 Å². The van der Waals surface area contributed by atoms with E-state index in [1.54, 1.807) is 12.3 Å². The van der Waals surface area contributed by atoms with E-state index in [-0.39, 0.29) is 11.4 Å². The fourth-order valence-electron chi connectivity index (χ4n) is 3.63. The van der Waals surface area contributed by atoms with Gasteiger partial charge in [0.15, 0.2) is 0 Å². The lowest BCUT2D eigenvalue weighted by Gasteiger charge is -2.31. The van der Waals surface area contributed by atoms with Gasteiger partial charge in [-0.2, -0.15) is 0 Å². The first-order chi connectivity index (χ1) is 11.9. The molecule has 0 aliphatic carbocycles. The summed E-state index contributed by atoms with van der Waals surface area (Å²) in [5.74, 6) is -0.290. The summed E-state index contributed by atoms with van der Waals surface area (Å²) >= 11 is 0. The fourth-order valence-corrected chi connectivity index (χ4v) is 3.63. The number of rotatable bonds is 1. The molecule has 0 fully saturated rings. The van der Waals surface area contributed by atoms with Crippen LogP contribution in [0.4, 0.5) is 4.39 Å². The fraction of sp³-hybridized carbons (Fsp3) is 0.273. The molecular formula is C22H21FN2. The van der Waals surface area contributed by atoms with E-state index in [2.05, 4.69) is 44.8 Å². The quantitative estimate of drug-likeness (QED) is 0.604. The normalized spacial score (nSPS) is 15.8. The molecule has 0 atom stereocenters. The molecule has 1 aliphatic rings. The maximum absolute atomic E-state index is 13.9. The molecule has 126 valence electrons. The Morgan fingerprint density at radius 1 is 1.08 bits per heavy atom. The van der Waals surface area contributed by atoms with Gasteiger partial charge in [-0.25, -0.2) is 4.39 Å². The Balaban J connectivity index is 1.96. The van der Waals surface area contributed by atoms with Crippen LogP contribution in [0, 0.1) is 19.7 Å². The zero-order valence-electron chi connectivity index (χ0n) is 15.0. The molecule has 25 heavy (non-hydrogen) atoms. The molecular weight excluding hydrogens is 311 g/mol. The summed E-state index contributed by atoms with van der Waals surface area (Å²) in [4.78, 5) is 9.37. The van der Waals surface area contributed by atoms with Crippen molar-refractivity contribution in [2.45, 2.75) is 39.7 Å². The lowest BCUT2D eigenvalue weighted by atomic mass is 9.82. The van der Waals surface area contributed by atoms with Gasteiger partial charge in [0.1, 0.15) is 11.3 Å². The number of fused-ring (bicyclic) bond motifs is 2. The van der Waals surface area contributed by atoms with Gasteiger partial charge in [-0.15, -0.1) is 0 Å². The standard InChI is InChI=1S/C22H21FN2/c1-13-8-9-17-18(14(13)2)11-22(3,4)25-20(17)16-10-15-6-5-7-19(23)21(15)24-12-16/h5-10,12H,11H2,1-4H3. The van der Waals surface area contributed by atoms with E-state index >= 15 is 0 Å². The third-order valence-corrected chi connectivity index (χ3v) is 5.08. The van der Waals surface area contributed by atoms with Gasteiger partial charge in [-0.05, 0) is 62.9 Å². The molecule has 0 saturated heterocycles. The zero-order chi connectivity index (χ0) is 17.8. The van der Waals surface area contributed by atoms with E-state index in [0.29, 0.717) is 5.52 Å². The van der Waals surface area contributed by atoms with Crippen LogP contribution in [-0.2, 0) is 6.42 Å². The summed E-state index contributed by atoms with van der Waals surface area (Å²) in [6.45, 7) is 8.65. The van der Waals surface area contributed by atoms with Crippen LogP contribution < -0.4 is 0 Å². The third-order valence-electron chi connectivity index (χ3n) is 5.08. The number of nitrogens with zero attached hydrogens (tertiary/aromatic N) is 2. The Bertz CT molecular complexity index is 1030. The number of aliphatic imine (C=N–C) groups is 1. The van der Waals surface area contributed by atoms with Gasteiger partial charge >= 0.3 is 0 Å². The highest BCUT2D eigenvalue weighted by atomic mass is 19.1. The summed E-state index contributed by atoms with van der Waals surface area (Å²) in [6, 6.07) is 11.3. The minimum absolute atomic E-state index is 0.169. The second kappa shape index (κ2) is 5.48. The first-order valence-electron chi connectivity index (χ1n) is 8.60. The van der Waals surface area contributed by atoms with Crippen LogP contribution in [0.15, 0.2) is 47.6 Å². The molecule has 4 rings (SSSR count). The Kier molecular flexibility index (Phi) is 3.50. The minimum atomic E-state index is -0.290. The summed E-state index contributed by atoms with van der Waals surface area (Å²) in [5, 5.41) is 0.800. The van der Waals surface area contributed by atoms with Gasteiger partial charge in [0.2, 0.25) is 0 Å². The van der Waals surface area contributed by atoms with Crippen LogP contribution >= 0.6 is 0 Å². The lowest BCUT2D eigenvalue weighted by molar-refractivity contribution is 0.512. The van der Waals surface area contributed by atoms with E-state index in [1.807, 2.05) is 12.1 Å². The number of halogens is 1. The average molecular weight is 332 g/mol. The van der Waals surface area contributed by atoms with Gasteiger partial charge in [0, 0.05) is 22.7 Å². The summed E-state index contributed by atoms with van der Waals surface area (Å²) in [6.07, 6.45) is 2.67. The monoisotopic (exact) mass is 332 g/mol. The SMILES string of the molecule is Cc1ccc2c(c1C)CC(C)(C)N=C2c1cnc2c(F)cccc2c1. The number of aryl methyl sites for hydroxylation is 1. The van der Waals surface area contributed by atoms with Gasteiger partial charge < -0.3 is 0 Å². The van der Waals surface area contributed by atoms with Crippen molar-refractivity contribution in [3.05, 3.63) is 76.2 Å². The number of hydrogen-bond acceptors (Lipinski definition) is 2. The molecule has 0 saturated carbocycles. The predicted octanol–water partition coefficient (Wildman–Crippen LogP) is 5.16. The number of hydrogen-bond donors (Lipinski definition) is 0. The highest BCUT2D eigenvalue weighted by Crippen LogP contribution is 2.33. The number of para-hydroxylation sites is 1. The first-order valence-corrected chi connectivity index (χ1v) is 8.60. The van der Waals surface area contributed by atoms with Crippen molar-refractivity contribution < 1.29 is 4.39 Å². The van der Waals surface area contributed by atoms with Crippen LogP contribution in [0.25, 0.3) is 10.9 Å². The first kappa shape index (κ1) is 15.9. The summed E-state index contributed by atoms with van der Waals surface area (Å²) in [5.41, 5.74) is 7.28. The van der Waals surface area contributed by atoms with E-state index in [0.717, 1.165) is 23.1 Å². The van der Waals surface area contributed by atoms with Crippen LogP contribution in [0.3, 0.4) is 0 Å². The maximum atomic E-state index is 13.9. The van der Waals surface area contributed by atoms with Gasteiger partial charge in [0.05, 0.1) is 11.3 Å². The molecule has 0 radical (unpaired) electrons. The van der Waals surface area contributed by atoms with E-state index in [4.69, 9.17) is 4.99 Å². The van der Waals surface area contributed by atoms with E-state index in [9.17, 15) is 4.39 Å². The lowest BCUT2D eigenvalue weighted by Crippen LogP contribution is -2.30. The largest absolute Gasteiger partial charge is 0.278 e. The minimum Gasteiger partial charge on any atom is -0.278 e. The Hall–Kier alpha value is -2.55. The van der Waals surface area contributed by atoms with Crippen LogP contribution in [-0.4, -0.2) is 16.2 Å². The zero-order valence-corrected chi connectivity index (χ0v) is 15.0.